The van der Waals surface area contributed by atoms with E-state index in [4.69, 9.17) is 0 Å². The highest BCUT2D eigenvalue weighted by atomic mass is 32.2. The summed E-state index contributed by atoms with van der Waals surface area (Å²) >= 11 is 1.75. The van der Waals surface area contributed by atoms with Crippen LogP contribution in [0.25, 0.3) is 10.9 Å². The average molecular weight is 372 g/mol. The molecule has 1 N–H and O–H groups in total. The fraction of sp³-hybridized carbons (Fsp3) is 0.333. The van der Waals surface area contributed by atoms with E-state index in [1.165, 1.54) is 21.9 Å². The molecule has 0 amide bonds. The van der Waals surface area contributed by atoms with Crippen LogP contribution in [0.2, 0.25) is 0 Å². The maximum absolute atomic E-state index is 14.0. The molecule has 2 aromatic carbocycles. The zero-order valence-corrected chi connectivity index (χ0v) is 15.6. The number of hydrogen-bond acceptors (Lipinski definition) is 2. The van der Waals surface area contributed by atoms with Crippen molar-refractivity contribution < 1.29 is 8.78 Å². The molecule has 1 aliphatic heterocycles. The Morgan fingerprint density at radius 2 is 2.04 bits per heavy atom. The summed E-state index contributed by atoms with van der Waals surface area (Å²) in [6, 6.07) is 10.8. The number of halogens is 2. The second-order valence-electron chi connectivity index (χ2n) is 6.93. The van der Waals surface area contributed by atoms with Crippen molar-refractivity contribution in [1.29, 1.82) is 0 Å². The number of thioether (sulfide) groups is 1. The van der Waals surface area contributed by atoms with Crippen LogP contribution in [0.5, 0.6) is 0 Å². The van der Waals surface area contributed by atoms with Gasteiger partial charge in [0.2, 0.25) is 0 Å². The molecule has 1 fully saturated rings. The van der Waals surface area contributed by atoms with Crippen molar-refractivity contribution in [1.82, 2.24) is 9.88 Å². The highest BCUT2D eigenvalue weighted by molar-refractivity contribution is 7.98. The Kier molecular flexibility index (Phi) is 5.00. The zero-order chi connectivity index (χ0) is 18.1. The number of H-pyrrole nitrogens is 1. The number of rotatable bonds is 5. The van der Waals surface area contributed by atoms with Crippen LogP contribution < -0.4 is 0 Å². The first-order chi connectivity index (χ1) is 12.6. The molecule has 0 saturated carbocycles. The second kappa shape index (κ2) is 7.41. The van der Waals surface area contributed by atoms with Crippen LogP contribution >= 0.6 is 11.8 Å². The van der Waals surface area contributed by atoms with Crippen molar-refractivity contribution in [3.05, 3.63) is 65.4 Å². The van der Waals surface area contributed by atoms with Gasteiger partial charge in [-0.3, -0.25) is 4.90 Å². The van der Waals surface area contributed by atoms with Gasteiger partial charge in [0, 0.05) is 46.2 Å². The highest BCUT2D eigenvalue weighted by Crippen LogP contribution is 2.29. The molecular weight excluding hydrogens is 350 g/mol. The van der Waals surface area contributed by atoms with Gasteiger partial charge in [-0.15, -0.1) is 11.8 Å². The van der Waals surface area contributed by atoms with Crippen molar-refractivity contribution in [2.75, 3.05) is 12.8 Å². The number of aromatic amines is 1. The zero-order valence-electron chi connectivity index (χ0n) is 14.8. The van der Waals surface area contributed by atoms with Gasteiger partial charge in [-0.1, -0.05) is 6.07 Å². The summed E-state index contributed by atoms with van der Waals surface area (Å²) in [7, 11) is 0. The van der Waals surface area contributed by atoms with E-state index in [1.807, 2.05) is 0 Å². The Labute approximate surface area is 156 Å². The molecule has 1 atom stereocenters. The molecule has 136 valence electrons. The largest absolute Gasteiger partial charge is 0.361 e. The van der Waals surface area contributed by atoms with Crippen molar-refractivity contribution in [2.45, 2.75) is 36.7 Å². The molecule has 2 nitrogen and oxygen atoms in total. The van der Waals surface area contributed by atoms with E-state index in [1.54, 1.807) is 17.8 Å². The van der Waals surface area contributed by atoms with Crippen LogP contribution in [-0.2, 0) is 13.0 Å². The molecule has 1 saturated heterocycles. The molecule has 4 rings (SSSR count). The monoisotopic (exact) mass is 372 g/mol. The molecule has 1 aliphatic rings. The van der Waals surface area contributed by atoms with E-state index in [-0.39, 0.29) is 0 Å². The lowest BCUT2D eigenvalue weighted by Gasteiger charge is -2.24. The predicted molar refractivity (Wildman–Crippen MR) is 104 cm³/mol. The standard InChI is InChI=1S/C21H22F2N2S/c1-26-18-6-7-21-19(11-18)15(12-24-21)9-17-3-2-8-25(17)13-14-4-5-16(22)10-20(14)23/h4-7,10-12,17,24H,2-3,8-9,13H2,1H3/t17-/m1/s1. The minimum atomic E-state index is -0.521. The Morgan fingerprint density at radius 3 is 2.85 bits per heavy atom. The van der Waals surface area contributed by atoms with Gasteiger partial charge in [-0.05, 0) is 61.9 Å². The van der Waals surface area contributed by atoms with E-state index in [0.29, 0.717) is 18.2 Å². The maximum atomic E-state index is 14.0. The van der Waals surface area contributed by atoms with Gasteiger partial charge in [0.1, 0.15) is 11.6 Å². The van der Waals surface area contributed by atoms with Gasteiger partial charge in [-0.25, -0.2) is 8.78 Å². The molecule has 0 unspecified atom stereocenters. The molecule has 3 aromatic rings. The molecule has 1 aromatic heterocycles. The number of aromatic nitrogens is 1. The summed E-state index contributed by atoms with van der Waals surface area (Å²) in [6.45, 7) is 1.50. The fourth-order valence-electron chi connectivity index (χ4n) is 3.91. The molecule has 0 aliphatic carbocycles. The van der Waals surface area contributed by atoms with Gasteiger partial charge in [0.05, 0.1) is 0 Å². The molecule has 2 heterocycles. The number of likely N-dealkylation sites (tertiary alicyclic amines) is 1. The third-order valence-electron chi connectivity index (χ3n) is 5.32. The number of nitrogens with one attached hydrogen (secondary N) is 1. The Morgan fingerprint density at radius 1 is 1.15 bits per heavy atom. The number of nitrogens with zero attached hydrogens (tertiary/aromatic N) is 1. The molecule has 26 heavy (non-hydrogen) atoms. The highest BCUT2D eigenvalue weighted by Gasteiger charge is 2.26. The summed E-state index contributed by atoms with van der Waals surface area (Å²) in [5, 5.41) is 1.27. The Bertz CT molecular complexity index is 922. The topological polar surface area (TPSA) is 19.0 Å². The molecule has 5 heteroatoms. The lowest BCUT2D eigenvalue weighted by atomic mass is 10.0. The molecule has 0 radical (unpaired) electrons. The van der Waals surface area contributed by atoms with Crippen molar-refractivity contribution in [3.63, 3.8) is 0 Å². The normalized spacial score (nSPS) is 18.0. The van der Waals surface area contributed by atoms with Gasteiger partial charge in [0.15, 0.2) is 0 Å². The number of benzene rings is 2. The first-order valence-electron chi connectivity index (χ1n) is 8.96. The van der Waals surface area contributed by atoms with Crippen LogP contribution in [0.3, 0.4) is 0 Å². The van der Waals surface area contributed by atoms with E-state index in [9.17, 15) is 8.78 Å². The number of fused-ring (bicyclic) bond motifs is 1. The Hall–Kier alpha value is -1.85. The van der Waals surface area contributed by atoms with Gasteiger partial charge in [0.25, 0.3) is 0 Å². The Balaban J connectivity index is 1.54. The first-order valence-corrected chi connectivity index (χ1v) is 10.2. The summed E-state index contributed by atoms with van der Waals surface area (Å²) in [5.41, 5.74) is 3.04. The number of hydrogen-bond donors (Lipinski definition) is 1. The predicted octanol–water partition coefficient (Wildman–Crippen LogP) is 5.38. The minimum absolute atomic E-state index is 0.386. The van der Waals surface area contributed by atoms with Crippen molar-refractivity contribution in [3.8, 4) is 0 Å². The third kappa shape index (κ3) is 3.51. The van der Waals surface area contributed by atoms with Crippen LogP contribution in [-0.4, -0.2) is 28.7 Å². The fourth-order valence-corrected chi connectivity index (χ4v) is 4.35. The van der Waals surface area contributed by atoms with Crippen molar-refractivity contribution in [2.24, 2.45) is 0 Å². The van der Waals surface area contributed by atoms with E-state index >= 15 is 0 Å². The van der Waals surface area contributed by atoms with Crippen molar-refractivity contribution >= 4 is 22.7 Å². The third-order valence-corrected chi connectivity index (χ3v) is 6.04. The molecule has 0 bridgehead atoms. The van der Waals surface area contributed by atoms with E-state index < -0.39 is 11.6 Å². The summed E-state index contributed by atoms with van der Waals surface area (Å²) in [5.74, 6) is -0.972. The quantitative estimate of drug-likeness (QED) is 0.607. The summed E-state index contributed by atoms with van der Waals surface area (Å²) in [4.78, 5) is 6.95. The van der Waals surface area contributed by atoms with Gasteiger partial charge in [-0.2, -0.15) is 0 Å². The lowest BCUT2D eigenvalue weighted by molar-refractivity contribution is 0.241. The molecular formula is C21H22F2N2S. The van der Waals surface area contributed by atoms with Gasteiger partial charge >= 0.3 is 0 Å². The van der Waals surface area contributed by atoms with Crippen LogP contribution in [0, 0.1) is 11.6 Å². The van der Waals surface area contributed by atoms with Crippen LogP contribution in [0.1, 0.15) is 24.0 Å². The lowest BCUT2D eigenvalue weighted by Crippen LogP contribution is -2.31. The average Bonchev–Trinajstić information content (AvgIpc) is 3.24. The van der Waals surface area contributed by atoms with Crippen LogP contribution in [0.15, 0.2) is 47.5 Å². The summed E-state index contributed by atoms with van der Waals surface area (Å²) < 4.78 is 27.2. The van der Waals surface area contributed by atoms with E-state index in [0.717, 1.165) is 37.4 Å². The smallest absolute Gasteiger partial charge is 0.130 e. The van der Waals surface area contributed by atoms with Gasteiger partial charge < -0.3 is 4.98 Å². The van der Waals surface area contributed by atoms with Crippen LogP contribution in [0.4, 0.5) is 8.78 Å². The molecule has 0 spiro atoms. The minimum Gasteiger partial charge on any atom is -0.361 e. The second-order valence-corrected chi connectivity index (χ2v) is 7.81. The first kappa shape index (κ1) is 17.6. The van der Waals surface area contributed by atoms with E-state index in [2.05, 4.69) is 40.5 Å². The maximum Gasteiger partial charge on any atom is 0.130 e. The SMILES string of the molecule is CSc1ccc2[nH]cc(C[C@H]3CCCN3Cc3ccc(F)cc3F)c2c1. The summed E-state index contributed by atoms with van der Waals surface area (Å²) in [6.07, 6.45) is 7.36.